The molecule has 8 heteroatoms. The highest BCUT2D eigenvalue weighted by Gasteiger charge is 2.17. The van der Waals surface area contributed by atoms with Crippen molar-refractivity contribution in [1.82, 2.24) is 0 Å². The summed E-state index contributed by atoms with van der Waals surface area (Å²) in [5.74, 6) is 2.79. The maximum atomic E-state index is 10.6. The number of hydrogen-bond donors (Lipinski definition) is 2. The first-order valence-electron chi connectivity index (χ1n) is 14.8. The van der Waals surface area contributed by atoms with Crippen LogP contribution in [0.4, 0.5) is 0 Å². The highest BCUT2D eigenvalue weighted by Crippen LogP contribution is 2.34. The highest BCUT2D eigenvalue weighted by atomic mass is 79.9. The molecule has 2 heterocycles. The van der Waals surface area contributed by atoms with Gasteiger partial charge in [-0.1, -0.05) is 90.9 Å². The fourth-order valence-electron chi connectivity index (χ4n) is 5.67. The summed E-state index contributed by atoms with van der Waals surface area (Å²) in [5, 5.41) is 17.0. The highest BCUT2D eigenvalue weighted by molar-refractivity contribution is 9.10. The minimum atomic E-state index is -1.64. The van der Waals surface area contributed by atoms with E-state index in [1.54, 1.807) is 6.07 Å². The van der Waals surface area contributed by atoms with Crippen molar-refractivity contribution < 1.29 is 28.5 Å². The third kappa shape index (κ3) is 9.41. The molecule has 2 N–H and O–H groups in total. The van der Waals surface area contributed by atoms with Crippen LogP contribution >= 0.6 is 15.9 Å². The summed E-state index contributed by atoms with van der Waals surface area (Å²) in [6, 6.07) is 23.7. The third-order valence-corrected chi connectivity index (χ3v) is 8.51. The van der Waals surface area contributed by atoms with Crippen LogP contribution in [0.5, 0.6) is 0 Å². The molecule has 0 radical (unpaired) electrons. The van der Waals surface area contributed by atoms with Crippen molar-refractivity contribution in [2.75, 3.05) is 0 Å². The molecule has 2 saturated carbocycles. The van der Waals surface area contributed by atoms with Crippen molar-refractivity contribution in [1.29, 1.82) is 0 Å². The molecule has 220 valence electrons. The van der Waals surface area contributed by atoms with Gasteiger partial charge in [0, 0.05) is 10.0 Å². The quantitative estimate of drug-likeness (QED) is 0.165. The zero-order chi connectivity index (χ0) is 29.7. The first-order valence-corrected chi connectivity index (χ1v) is 15.6. The van der Waals surface area contributed by atoms with E-state index in [2.05, 4.69) is 68.9 Å². The van der Waals surface area contributed by atoms with Crippen LogP contribution in [0.3, 0.4) is 0 Å². The standard InChI is InChI=1S/C17H18O2.C12H15Br.C5H5BO4/c18-12-16-10-11-17(19-16)15-8-6-14(7-9-15)13-4-2-1-3-5-13;13-12-8-6-11(7-9-12)10-4-2-1-3-5-10;7-3-4-1-2-5(10-4)6(8)9/h6-13H,1-5H2;6-10H,1-5H2;1-3,8-9H. The van der Waals surface area contributed by atoms with Gasteiger partial charge in [0.2, 0.25) is 0 Å². The van der Waals surface area contributed by atoms with Gasteiger partial charge in [0.15, 0.2) is 24.1 Å². The lowest BCUT2D eigenvalue weighted by Gasteiger charge is -2.21. The molecule has 0 bridgehead atoms. The molecule has 2 fully saturated rings. The van der Waals surface area contributed by atoms with Crippen LogP contribution in [-0.2, 0) is 0 Å². The molecule has 0 amide bonds. The number of furan rings is 2. The van der Waals surface area contributed by atoms with Crippen molar-refractivity contribution in [3.8, 4) is 11.3 Å². The van der Waals surface area contributed by atoms with Gasteiger partial charge in [-0.05, 0) is 85.0 Å². The zero-order valence-corrected chi connectivity index (χ0v) is 25.4. The summed E-state index contributed by atoms with van der Waals surface area (Å²) < 4.78 is 11.2. The fraction of sp³-hybridized carbons (Fsp3) is 0.353. The predicted molar refractivity (Wildman–Crippen MR) is 169 cm³/mol. The topological polar surface area (TPSA) is 101 Å². The van der Waals surface area contributed by atoms with Crippen LogP contribution in [-0.4, -0.2) is 29.7 Å². The minimum absolute atomic E-state index is 0.0258. The van der Waals surface area contributed by atoms with Gasteiger partial charge in [-0.3, -0.25) is 9.59 Å². The Morgan fingerprint density at radius 1 is 0.619 bits per heavy atom. The molecule has 4 aromatic rings. The first kappa shape index (κ1) is 31.7. The van der Waals surface area contributed by atoms with Gasteiger partial charge in [-0.15, -0.1) is 0 Å². The Bertz CT molecular complexity index is 1360. The third-order valence-electron chi connectivity index (χ3n) is 7.98. The Balaban J connectivity index is 0.000000154. The van der Waals surface area contributed by atoms with E-state index in [-0.39, 0.29) is 11.4 Å². The van der Waals surface area contributed by atoms with E-state index >= 15 is 0 Å². The number of hydrogen-bond acceptors (Lipinski definition) is 6. The fourth-order valence-corrected chi connectivity index (χ4v) is 5.93. The summed E-state index contributed by atoms with van der Waals surface area (Å²) in [5.41, 5.74) is 3.98. The Hall–Kier alpha value is -3.20. The molecule has 0 aliphatic heterocycles. The van der Waals surface area contributed by atoms with E-state index in [1.807, 2.05) is 6.07 Å². The molecule has 0 spiro atoms. The van der Waals surface area contributed by atoms with Crippen LogP contribution in [0.15, 0.2) is 86.1 Å². The lowest BCUT2D eigenvalue weighted by Crippen LogP contribution is -2.27. The molecule has 6 rings (SSSR count). The summed E-state index contributed by atoms with van der Waals surface area (Å²) >= 11 is 3.47. The number of halogens is 1. The van der Waals surface area contributed by atoms with E-state index < -0.39 is 7.12 Å². The SMILES string of the molecule is Brc1ccc(C2CCCCC2)cc1.O=Cc1ccc(-c2ccc(C3CCCCC3)cc2)o1.O=Cc1ccc(B(O)O)o1. The van der Waals surface area contributed by atoms with Crippen LogP contribution in [0.25, 0.3) is 11.3 Å². The van der Waals surface area contributed by atoms with Crippen molar-refractivity contribution in [2.45, 2.75) is 76.0 Å². The summed E-state index contributed by atoms with van der Waals surface area (Å²) in [4.78, 5) is 20.6. The van der Waals surface area contributed by atoms with Gasteiger partial charge in [0.05, 0.1) is 0 Å². The van der Waals surface area contributed by atoms with Crippen LogP contribution < -0.4 is 5.66 Å². The zero-order valence-electron chi connectivity index (χ0n) is 23.8. The second kappa shape index (κ2) is 16.4. The van der Waals surface area contributed by atoms with E-state index in [0.717, 1.165) is 29.4 Å². The van der Waals surface area contributed by atoms with Gasteiger partial charge in [-0.25, -0.2) is 0 Å². The molecule has 6 nitrogen and oxygen atoms in total. The molecule has 2 aromatic carbocycles. The van der Waals surface area contributed by atoms with Gasteiger partial charge in [0.25, 0.3) is 0 Å². The molecule has 42 heavy (non-hydrogen) atoms. The van der Waals surface area contributed by atoms with E-state index in [0.29, 0.717) is 12.0 Å². The van der Waals surface area contributed by atoms with Gasteiger partial charge in [0.1, 0.15) is 11.4 Å². The van der Waals surface area contributed by atoms with Crippen molar-refractivity contribution in [3.05, 3.63) is 99.9 Å². The van der Waals surface area contributed by atoms with Crippen molar-refractivity contribution in [3.63, 3.8) is 0 Å². The average molecular weight is 633 g/mol. The van der Waals surface area contributed by atoms with Gasteiger partial charge < -0.3 is 18.9 Å². The van der Waals surface area contributed by atoms with E-state index in [1.165, 1.54) is 91.9 Å². The average Bonchev–Trinajstić information content (AvgIpc) is 3.74. The molecule has 2 aromatic heterocycles. The second-order valence-electron chi connectivity index (χ2n) is 10.9. The maximum Gasteiger partial charge on any atom is 0.526 e. The molecular formula is C34H38BBrO6. The molecular weight excluding hydrogens is 595 g/mol. The van der Waals surface area contributed by atoms with Crippen LogP contribution in [0.1, 0.15) is 108 Å². The van der Waals surface area contributed by atoms with E-state index in [4.69, 9.17) is 14.5 Å². The first-order chi connectivity index (χ1) is 20.5. The minimum Gasteiger partial charge on any atom is -0.462 e. The van der Waals surface area contributed by atoms with Crippen LogP contribution in [0, 0.1) is 0 Å². The number of aldehydes is 2. The molecule has 2 aliphatic rings. The van der Waals surface area contributed by atoms with Crippen LogP contribution in [0.2, 0.25) is 0 Å². The summed E-state index contributed by atoms with van der Waals surface area (Å²) in [6.07, 6.45) is 15.0. The number of benzene rings is 2. The van der Waals surface area contributed by atoms with Crippen molar-refractivity contribution in [2.24, 2.45) is 0 Å². The van der Waals surface area contributed by atoms with Gasteiger partial charge in [-0.2, -0.15) is 0 Å². The van der Waals surface area contributed by atoms with Crippen molar-refractivity contribution >= 4 is 41.3 Å². The molecule has 2 aliphatic carbocycles. The molecule has 0 unspecified atom stereocenters. The number of carbonyl (C=O) groups is 2. The predicted octanol–water partition coefficient (Wildman–Crippen LogP) is 8.08. The second-order valence-corrected chi connectivity index (χ2v) is 11.8. The Morgan fingerprint density at radius 3 is 1.52 bits per heavy atom. The van der Waals surface area contributed by atoms with E-state index in [9.17, 15) is 9.59 Å². The molecule has 0 atom stereocenters. The largest absolute Gasteiger partial charge is 0.526 e. The van der Waals surface area contributed by atoms with Gasteiger partial charge >= 0.3 is 7.12 Å². The lowest BCUT2D eigenvalue weighted by atomic mass is 9.84. The summed E-state index contributed by atoms with van der Waals surface area (Å²) in [6.45, 7) is 0. The normalized spacial score (nSPS) is 15.5. The Kier molecular flexibility index (Phi) is 12.4. The Morgan fingerprint density at radius 2 is 1.10 bits per heavy atom. The summed E-state index contributed by atoms with van der Waals surface area (Å²) in [7, 11) is -1.64. The smallest absolute Gasteiger partial charge is 0.462 e. The molecule has 0 saturated heterocycles. The Labute approximate surface area is 256 Å². The number of carbonyl (C=O) groups excluding carboxylic acids is 2. The number of rotatable bonds is 6. The maximum absolute atomic E-state index is 10.6. The monoisotopic (exact) mass is 632 g/mol. The lowest BCUT2D eigenvalue weighted by molar-refractivity contribution is 0.109.